The molecule has 0 radical (unpaired) electrons. The van der Waals surface area contributed by atoms with Crippen LogP contribution in [0.1, 0.15) is 44.9 Å². The zero-order valence-electron chi connectivity index (χ0n) is 13.1. The van der Waals surface area contributed by atoms with E-state index in [1.807, 2.05) is 11.9 Å². The van der Waals surface area contributed by atoms with Crippen LogP contribution in [-0.4, -0.2) is 47.2 Å². The zero-order valence-corrected chi connectivity index (χ0v) is 13.1. The van der Waals surface area contributed by atoms with Crippen molar-refractivity contribution in [3.05, 3.63) is 0 Å². The number of amides is 1. The van der Waals surface area contributed by atoms with E-state index >= 15 is 0 Å². The average molecular weight is 307 g/mol. The fraction of sp³-hybridized carbons (Fsp3) is 0.882. The Balaban J connectivity index is 1.44. The standard InChI is InChI=1S/C17H25NO4/c1-18(16(19)13-2-3-14(22-13)17(20)21)15-11-5-9-4-10(7-11)8-12(15)6-9/h9-15H,2-8H2,1H3,(H,20,21)/t9?,10?,11?,12?,13-,14+,15?/m0/s1. The largest absolute Gasteiger partial charge is 0.479 e. The molecule has 0 aromatic heterocycles. The summed E-state index contributed by atoms with van der Waals surface area (Å²) >= 11 is 0. The molecule has 1 aliphatic heterocycles. The second-order valence-electron chi connectivity index (χ2n) is 7.90. The van der Waals surface area contributed by atoms with E-state index < -0.39 is 18.2 Å². The number of ether oxygens (including phenoxy) is 1. The Hall–Kier alpha value is -1.10. The van der Waals surface area contributed by atoms with Gasteiger partial charge in [0, 0.05) is 13.1 Å². The molecule has 5 rings (SSSR count). The van der Waals surface area contributed by atoms with E-state index in [1.54, 1.807) is 0 Å². The number of carboxylic acids is 1. The number of carbonyl (C=O) groups excluding carboxylic acids is 1. The summed E-state index contributed by atoms with van der Waals surface area (Å²) in [6.45, 7) is 0. The lowest BCUT2D eigenvalue weighted by atomic mass is 9.54. The van der Waals surface area contributed by atoms with Crippen LogP contribution in [-0.2, 0) is 14.3 Å². The van der Waals surface area contributed by atoms with Crippen LogP contribution in [0.2, 0.25) is 0 Å². The number of hydrogen-bond acceptors (Lipinski definition) is 3. The molecule has 1 heterocycles. The van der Waals surface area contributed by atoms with Gasteiger partial charge in [-0.2, -0.15) is 0 Å². The third kappa shape index (κ3) is 2.25. The Labute approximate surface area is 131 Å². The van der Waals surface area contributed by atoms with Crippen LogP contribution >= 0.6 is 0 Å². The molecule has 0 spiro atoms. The molecular formula is C17H25NO4. The van der Waals surface area contributed by atoms with E-state index in [0.29, 0.717) is 30.7 Å². The Kier molecular flexibility index (Phi) is 3.44. The van der Waals surface area contributed by atoms with Gasteiger partial charge in [-0.15, -0.1) is 0 Å². The molecule has 4 aliphatic carbocycles. The van der Waals surface area contributed by atoms with Gasteiger partial charge in [0.2, 0.25) is 0 Å². The summed E-state index contributed by atoms with van der Waals surface area (Å²) in [6.07, 6.45) is 6.14. The highest BCUT2D eigenvalue weighted by atomic mass is 16.5. The van der Waals surface area contributed by atoms with Gasteiger partial charge in [-0.25, -0.2) is 4.79 Å². The monoisotopic (exact) mass is 307 g/mol. The van der Waals surface area contributed by atoms with Gasteiger partial charge in [-0.1, -0.05) is 0 Å². The summed E-state index contributed by atoms with van der Waals surface area (Å²) in [4.78, 5) is 25.7. The Morgan fingerprint density at radius 2 is 1.50 bits per heavy atom. The predicted molar refractivity (Wildman–Crippen MR) is 79.1 cm³/mol. The fourth-order valence-corrected chi connectivity index (χ4v) is 5.90. The van der Waals surface area contributed by atoms with Gasteiger partial charge in [0.1, 0.15) is 6.10 Å². The van der Waals surface area contributed by atoms with E-state index in [-0.39, 0.29) is 5.91 Å². The van der Waals surface area contributed by atoms with Crippen molar-refractivity contribution < 1.29 is 19.4 Å². The van der Waals surface area contributed by atoms with Crippen molar-refractivity contribution in [2.75, 3.05) is 7.05 Å². The third-order valence-corrected chi connectivity index (χ3v) is 6.54. The summed E-state index contributed by atoms with van der Waals surface area (Å²) in [5.41, 5.74) is 0. The topological polar surface area (TPSA) is 66.8 Å². The lowest BCUT2D eigenvalue weighted by molar-refractivity contribution is -0.159. The van der Waals surface area contributed by atoms with Gasteiger partial charge >= 0.3 is 5.97 Å². The molecule has 1 amide bonds. The maximum Gasteiger partial charge on any atom is 0.332 e. The molecule has 122 valence electrons. The molecule has 4 bridgehead atoms. The van der Waals surface area contributed by atoms with Crippen molar-refractivity contribution in [3.8, 4) is 0 Å². The number of carbonyl (C=O) groups is 2. The van der Waals surface area contributed by atoms with Crippen LogP contribution in [0.3, 0.4) is 0 Å². The Bertz CT molecular complexity index is 463. The highest BCUT2D eigenvalue weighted by Gasteiger charge is 2.51. The van der Waals surface area contributed by atoms with Gasteiger partial charge < -0.3 is 14.7 Å². The number of nitrogens with zero attached hydrogens (tertiary/aromatic N) is 1. The van der Waals surface area contributed by atoms with Crippen LogP contribution in [0, 0.1) is 23.7 Å². The number of carboxylic acid groups (broad SMARTS) is 1. The maximum atomic E-state index is 12.7. The number of aliphatic carboxylic acids is 1. The third-order valence-electron chi connectivity index (χ3n) is 6.54. The number of hydrogen-bond donors (Lipinski definition) is 1. The molecular weight excluding hydrogens is 282 g/mol. The van der Waals surface area contributed by atoms with E-state index in [2.05, 4.69) is 0 Å². The number of rotatable bonds is 3. The summed E-state index contributed by atoms with van der Waals surface area (Å²) < 4.78 is 5.46. The molecule has 22 heavy (non-hydrogen) atoms. The van der Waals surface area contributed by atoms with E-state index in [4.69, 9.17) is 9.84 Å². The van der Waals surface area contributed by atoms with Crippen molar-refractivity contribution in [1.29, 1.82) is 0 Å². The normalized spacial score (nSPS) is 46.0. The van der Waals surface area contributed by atoms with Crippen LogP contribution in [0.25, 0.3) is 0 Å². The minimum atomic E-state index is -0.951. The molecule has 5 heteroatoms. The molecule has 1 N–H and O–H groups in total. The second kappa shape index (κ2) is 5.22. The first-order chi connectivity index (χ1) is 10.5. The molecule has 5 fully saturated rings. The first kappa shape index (κ1) is 14.5. The quantitative estimate of drug-likeness (QED) is 0.865. The van der Waals surface area contributed by atoms with Crippen molar-refractivity contribution in [2.24, 2.45) is 23.7 Å². The molecule has 0 aromatic carbocycles. The lowest BCUT2D eigenvalue weighted by Crippen LogP contribution is -2.57. The van der Waals surface area contributed by atoms with Crippen LogP contribution in [0.4, 0.5) is 0 Å². The molecule has 1 saturated heterocycles. The van der Waals surface area contributed by atoms with Crippen LogP contribution < -0.4 is 0 Å². The van der Waals surface area contributed by atoms with E-state index in [0.717, 1.165) is 11.8 Å². The zero-order chi connectivity index (χ0) is 15.4. The lowest BCUT2D eigenvalue weighted by Gasteiger charge is -2.56. The first-order valence-electron chi connectivity index (χ1n) is 8.68. The van der Waals surface area contributed by atoms with Gasteiger partial charge in [0.05, 0.1) is 0 Å². The smallest absolute Gasteiger partial charge is 0.332 e. The Morgan fingerprint density at radius 1 is 0.955 bits per heavy atom. The highest BCUT2D eigenvalue weighted by molar-refractivity contribution is 5.83. The molecule has 5 nitrogen and oxygen atoms in total. The minimum absolute atomic E-state index is 0.00113. The molecule has 0 unspecified atom stereocenters. The maximum absolute atomic E-state index is 12.7. The Morgan fingerprint density at radius 3 is 2.00 bits per heavy atom. The van der Waals surface area contributed by atoms with Crippen molar-refractivity contribution in [1.82, 2.24) is 4.90 Å². The summed E-state index contributed by atoms with van der Waals surface area (Å²) in [6, 6.07) is 0.354. The molecule has 5 aliphatic rings. The molecule has 2 atom stereocenters. The average Bonchev–Trinajstić information content (AvgIpc) is 2.95. The highest BCUT2D eigenvalue weighted by Crippen LogP contribution is 2.55. The minimum Gasteiger partial charge on any atom is -0.479 e. The van der Waals surface area contributed by atoms with Crippen LogP contribution in [0.5, 0.6) is 0 Å². The van der Waals surface area contributed by atoms with Gasteiger partial charge in [-0.05, 0) is 68.6 Å². The summed E-state index contributed by atoms with van der Waals surface area (Å²) in [5.74, 6) is 2.14. The SMILES string of the molecule is CN(C(=O)[C@@H]1CC[C@H](C(=O)O)O1)C1C2CC3CC(C2)CC1C3. The van der Waals surface area contributed by atoms with E-state index in [1.165, 1.54) is 32.1 Å². The molecule has 0 aromatic rings. The summed E-state index contributed by atoms with van der Waals surface area (Å²) in [5, 5.41) is 9.02. The fourth-order valence-electron chi connectivity index (χ4n) is 5.90. The van der Waals surface area contributed by atoms with Gasteiger partial charge in [0.25, 0.3) is 5.91 Å². The predicted octanol–water partition coefficient (Wildman–Crippen LogP) is 1.90. The van der Waals surface area contributed by atoms with Gasteiger partial charge in [0.15, 0.2) is 6.10 Å². The van der Waals surface area contributed by atoms with Gasteiger partial charge in [-0.3, -0.25) is 4.79 Å². The van der Waals surface area contributed by atoms with Crippen molar-refractivity contribution in [2.45, 2.75) is 63.2 Å². The summed E-state index contributed by atoms with van der Waals surface area (Å²) in [7, 11) is 1.91. The van der Waals surface area contributed by atoms with Crippen molar-refractivity contribution in [3.63, 3.8) is 0 Å². The second-order valence-corrected chi connectivity index (χ2v) is 7.90. The molecule has 4 saturated carbocycles. The van der Waals surface area contributed by atoms with Crippen LogP contribution in [0.15, 0.2) is 0 Å². The first-order valence-corrected chi connectivity index (χ1v) is 8.68. The van der Waals surface area contributed by atoms with Crippen molar-refractivity contribution >= 4 is 11.9 Å². The van der Waals surface area contributed by atoms with E-state index in [9.17, 15) is 9.59 Å². The number of likely N-dealkylation sites (N-methyl/N-ethyl adjacent to an activating group) is 1.